The molecule has 0 fully saturated rings. The summed E-state index contributed by atoms with van der Waals surface area (Å²) >= 11 is 0. The Kier molecular flexibility index (Phi) is 2.60. The highest BCUT2D eigenvalue weighted by Crippen LogP contribution is 1.87. The third-order valence-electron chi connectivity index (χ3n) is 1.27. The fourth-order valence-corrected chi connectivity index (χ4v) is 0.733. The molecule has 0 aliphatic heterocycles. The minimum Gasteiger partial charge on any atom is -0.291 e. The molecule has 1 rings (SSSR count). The van der Waals surface area contributed by atoms with E-state index in [1.165, 1.54) is 0 Å². The van der Waals surface area contributed by atoms with E-state index in [9.17, 15) is 0 Å². The van der Waals surface area contributed by atoms with E-state index in [0.717, 1.165) is 11.5 Å². The lowest BCUT2D eigenvalue weighted by atomic mass is 10.3. The Morgan fingerprint density at radius 3 is 3.00 bits per heavy atom. The number of nitrogens with zero attached hydrogens (tertiary/aromatic N) is 1. The van der Waals surface area contributed by atoms with Crippen molar-refractivity contribution < 1.29 is 4.99 Å². The minimum absolute atomic E-state index is 0.698. The van der Waals surface area contributed by atoms with Gasteiger partial charge in [-0.1, -0.05) is 6.07 Å². The number of hydrogen-bond donors (Lipinski definition) is 2. The van der Waals surface area contributed by atoms with Gasteiger partial charge < -0.3 is 0 Å². The number of pyridine rings is 1. The van der Waals surface area contributed by atoms with Crippen LogP contribution in [0.4, 0.5) is 0 Å². The molecule has 0 amide bonds. The summed E-state index contributed by atoms with van der Waals surface area (Å²) in [6.45, 7) is 2.52. The van der Waals surface area contributed by atoms with Crippen molar-refractivity contribution in [3.05, 3.63) is 30.1 Å². The molecule has 1 heterocycles. The van der Waals surface area contributed by atoms with E-state index in [4.69, 9.17) is 5.73 Å². The van der Waals surface area contributed by atoms with E-state index in [1.807, 2.05) is 25.1 Å². The third kappa shape index (κ3) is 2.80. The standard InChI is InChI=1S/C8H11N3/c1-7(9)11-6-8-4-2-3-5-10-8/h2-5H,6H2,1H3,(H2,9,11)/p+1. The second-order valence-corrected chi connectivity index (χ2v) is 2.36. The van der Waals surface area contributed by atoms with Gasteiger partial charge in [0.05, 0.1) is 5.69 Å². The number of rotatable bonds is 2. The topological polar surface area (TPSA) is 52.9 Å². The first-order valence-corrected chi connectivity index (χ1v) is 3.52. The van der Waals surface area contributed by atoms with E-state index >= 15 is 0 Å². The highest BCUT2D eigenvalue weighted by molar-refractivity contribution is 5.70. The van der Waals surface area contributed by atoms with Crippen LogP contribution in [-0.4, -0.2) is 10.8 Å². The summed E-state index contributed by atoms with van der Waals surface area (Å²) in [5.74, 6) is 0.718. The maximum atomic E-state index is 5.42. The van der Waals surface area contributed by atoms with Gasteiger partial charge >= 0.3 is 0 Å². The second kappa shape index (κ2) is 3.71. The molecule has 0 saturated heterocycles. The van der Waals surface area contributed by atoms with Gasteiger partial charge in [-0.25, -0.2) is 0 Å². The number of hydrogen-bond acceptors (Lipinski definition) is 1. The smallest absolute Gasteiger partial charge is 0.237 e. The third-order valence-corrected chi connectivity index (χ3v) is 1.27. The Morgan fingerprint density at radius 1 is 1.64 bits per heavy atom. The zero-order chi connectivity index (χ0) is 8.10. The molecule has 11 heavy (non-hydrogen) atoms. The minimum atomic E-state index is 0.698. The molecule has 0 saturated carbocycles. The first-order valence-electron chi connectivity index (χ1n) is 3.52. The maximum absolute atomic E-state index is 5.42. The normalized spacial score (nSPS) is 11.5. The van der Waals surface area contributed by atoms with Crippen molar-refractivity contribution in [2.45, 2.75) is 13.5 Å². The highest BCUT2D eigenvalue weighted by atomic mass is 14.9. The molecule has 0 aliphatic carbocycles. The molecule has 0 spiro atoms. The summed E-state index contributed by atoms with van der Waals surface area (Å²) in [6.07, 6.45) is 1.77. The van der Waals surface area contributed by atoms with Gasteiger partial charge in [-0.2, -0.15) is 0 Å². The monoisotopic (exact) mass is 150 g/mol. The van der Waals surface area contributed by atoms with Crippen LogP contribution in [0.5, 0.6) is 0 Å². The van der Waals surface area contributed by atoms with Crippen LogP contribution in [0.1, 0.15) is 12.6 Å². The van der Waals surface area contributed by atoms with Crippen molar-refractivity contribution in [2.75, 3.05) is 0 Å². The number of amidine groups is 1. The van der Waals surface area contributed by atoms with Crippen LogP contribution in [0.15, 0.2) is 24.4 Å². The largest absolute Gasteiger partial charge is 0.291 e. The molecule has 0 aromatic carbocycles. The van der Waals surface area contributed by atoms with Crippen molar-refractivity contribution in [3.63, 3.8) is 0 Å². The van der Waals surface area contributed by atoms with Crippen molar-refractivity contribution in [3.8, 4) is 0 Å². The maximum Gasteiger partial charge on any atom is 0.237 e. The van der Waals surface area contributed by atoms with Crippen molar-refractivity contribution >= 4 is 5.84 Å². The van der Waals surface area contributed by atoms with E-state index in [0.29, 0.717) is 6.54 Å². The molecule has 0 bridgehead atoms. The van der Waals surface area contributed by atoms with Gasteiger partial charge in [0.25, 0.3) is 0 Å². The second-order valence-electron chi connectivity index (χ2n) is 2.36. The van der Waals surface area contributed by atoms with E-state index in [2.05, 4.69) is 9.98 Å². The van der Waals surface area contributed by atoms with Crippen LogP contribution in [0.2, 0.25) is 0 Å². The number of nitrogens with two attached hydrogens (primary N) is 1. The average Bonchev–Trinajstić information content (AvgIpc) is 2.03. The summed E-state index contributed by atoms with van der Waals surface area (Å²) in [7, 11) is 0. The quantitative estimate of drug-likeness (QED) is 0.421. The Bertz CT molecular complexity index is 237. The van der Waals surface area contributed by atoms with E-state index in [1.54, 1.807) is 6.20 Å². The number of nitrogens with one attached hydrogen (secondary N) is 1. The van der Waals surface area contributed by atoms with Crippen LogP contribution >= 0.6 is 0 Å². The van der Waals surface area contributed by atoms with Crippen molar-refractivity contribution in [1.82, 2.24) is 4.98 Å². The van der Waals surface area contributed by atoms with Gasteiger partial charge in [-0.05, 0) is 12.1 Å². The zero-order valence-electron chi connectivity index (χ0n) is 6.54. The molecular weight excluding hydrogens is 138 g/mol. The summed E-state index contributed by atoms with van der Waals surface area (Å²) in [5, 5.41) is 0. The summed E-state index contributed by atoms with van der Waals surface area (Å²) in [4.78, 5) is 7.11. The summed E-state index contributed by atoms with van der Waals surface area (Å²) in [6, 6.07) is 5.80. The van der Waals surface area contributed by atoms with Gasteiger partial charge in [0, 0.05) is 13.1 Å². The van der Waals surface area contributed by atoms with Crippen molar-refractivity contribution in [1.29, 1.82) is 0 Å². The molecular formula is C8H12N3+. The van der Waals surface area contributed by atoms with Gasteiger partial charge in [-0.3, -0.25) is 15.7 Å². The Hall–Kier alpha value is -1.38. The highest BCUT2D eigenvalue weighted by Gasteiger charge is 1.91. The average molecular weight is 150 g/mol. The van der Waals surface area contributed by atoms with Crippen LogP contribution in [0.25, 0.3) is 0 Å². The molecule has 3 heteroatoms. The Morgan fingerprint density at radius 2 is 2.45 bits per heavy atom. The van der Waals surface area contributed by atoms with Crippen LogP contribution in [0, 0.1) is 0 Å². The molecule has 58 valence electrons. The summed E-state index contributed by atoms with van der Waals surface area (Å²) in [5.41, 5.74) is 6.42. The molecule has 0 radical (unpaired) electrons. The first-order chi connectivity index (χ1) is 5.29. The predicted octanol–water partition coefficient (Wildman–Crippen LogP) is -0.961. The summed E-state index contributed by atoms with van der Waals surface area (Å²) < 4.78 is 0. The molecule has 3 nitrogen and oxygen atoms in total. The lowest BCUT2D eigenvalue weighted by molar-refractivity contribution is -0.477. The molecule has 0 atom stereocenters. The van der Waals surface area contributed by atoms with Gasteiger partial charge in [-0.15, -0.1) is 0 Å². The zero-order valence-corrected chi connectivity index (χ0v) is 6.54. The van der Waals surface area contributed by atoms with E-state index < -0.39 is 0 Å². The van der Waals surface area contributed by atoms with Crippen LogP contribution < -0.4 is 10.7 Å². The molecule has 1 aromatic heterocycles. The molecule has 1 aromatic rings. The van der Waals surface area contributed by atoms with Gasteiger partial charge in [0.2, 0.25) is 5.84 Å². The Labute approximate surface area is 66.0 Å². The molecule has 0 unspecified atom stereocenters. The van der Waals surface area contributed by atoms with Gasteiger partial charge in [0.15, 0.2) is 0 Å². The fraction of sp³-hybridized carbons (Fsp3) is 0.250. The fourth-order valence-electron chi connectivity index (χ4n) is 0.733. The molecule has 0 aliphatic rings. The van der Waals surface area contributed by atoms with Gasteiger partial charge in [0.1, 0.15) is 6.54 Å². The molecule has 3 N–H and O–H groups in total. The first kappa shape index (κ1) is 7.72. The lowest BCUT2D eigenvalue weighted by Crippen LogP contribution is -2.73. The lowest BCUT2D eigenvalue weighted by Gasteiger charge is -1.91. The van der Waals surface area contributed by atoms with Crippen LogP contribution in [0.3, 0.4) is 0 Å². The van der Waals surface area contributed by atoms with Crippen molar-refractivity contribution in [2.24, 2.45) is 5.73 Å². The number of aromatic nitrogens is 1. The SMILES string of the molecule is CC(N)=[NH+]Cc1ccccn1. The Balaban J connectivity index is 2.59. The predicted molar refractivity (Wildman–Crippen MR) is 43.8 cm³/mol. The van der Waals surface area contributed by atoms with E-state index in [-0.39, 0.29) is 0 Å². The van der Waals surface area contributed by atoms with Crippen LogP contribution in [-0.2, 0) is 6.54 Å².